The third-order valence-electron chi connectivity index (χ3n) is 4.67. The van der Waals surface area contributed by atoms with Gasteiger partial charge < -0.3 is 10.1 Å². The molecule has 19 heavy (non-hydrogen) atoms. The largest absolute Gasteiger partial charge is 0.381 e. The second kappa shape index (κ2) is 6.06. The first-order valence-electron chi connectivity index (χ1n) is 7.70. The summed E-state index contributed by atoms with van der Waals surface area (Å²) in [5.41, 5.74) is 1.47. The minimum absolute atomic E-state index is 0.495. The molecule has 0 radical (unpaired) electrons. The van der Waals surface area contributed by atoms with Crippen LogP contribution in [0.1, 0.15) is 50.1 Å². The molecule has 0 spiro atoms. The van der Waals surface area contributed by atoms with Gasteiger partial charge in [-0.2, -0.15) is 0 Å². The summed E-state index contributed by atoms with van der Waals surface area (Å²) in [6, 6.07) is 12.2. The fraction of sp³-hybridized carbons (Fsp3) is 0.647. The molecule has 0 saturated heterocycles. The highest BCUT2D eigenvalue weighted by molar-refractivity contribution is 5.21. The fourth-order valence-electron chi connectivity index (χ4n) is 3.31. The number of hydrogen-bond acceptors (Lipinski definition) is 2. The van der Waals surface area contributed by atoms with Gasteiger partial charge in [0.15, 0.2) is 0 Å². The molecule has 2 fully saturated rings. The maximum atomic E-state index is 5.46. The van der Waals surface area contributed by atoms with Crippen LogP contribution in [0, 0.1) is 5.92 Å². The van der Waals surface area contributed by atoms with Gasteiger partial charge in [0.05, 0.1) is 6.10 Å². The van der Waals surface area contributed by atoms with E-state index in [1.54, 1.807) is 0 Å². The molecule has 3 rings (SSSR count). The van der Waals surface area contributed by atoms with E-state index in [1.165, 1.54) is 44.1 Å². The number of rotatable bonds is 5. The normalized spacial score (nSPS) is 29.1. The van der Waals surface area contributed by atoms with E-state index in [-0.39, 0.29) is 0 Å². The summed E-state index contributed by atoms with van der Waals surface area (Å²) in [5, 5.41) is 3.92. The van der Waals surface area contributed by atoms with Crippen molar-refractivity contribution >= 4 is 0 Å². The highest BCUT2D eigenvalue weighted by atomic mass is 16.5. The van der Waals surface area contributed by atoms with Crippen LogP contribution in [0.5, 0.6) is 0 Å². The lowest BCUT2D eigenvalue weighted by atomic mass is 9.91. The highest BCUT2D eigenvalue weighted by Gasteiger charge is 2.34. The van der Waals surface area contributed by atoms with Crippen LogP contribution in [0.15, 0.2) is 30.3 Å². The van der Waals surface area contributed by atoms with Gasteiger partial charge in [-0.1, -0.05) is 30.3 Å². The molecule has 1 aromatic rings. The molecule has 1 aromatic carbocycles. The highest BCUT2D eigenvalue weighted by Crippen LogP contribution is 2.41. The Morgan fingerprint density at radius 3 is 2.26 bits per heavy atom. The number of hydrogen-bond donors (Lipinski definition) is 1. The van der Waals surface area contributed by atoms with Crippen molar-refractivity contribution in [1.82, 2.24) is 5.32 Å². The Balaban J connectivity index is 1.60. The van der Waals surface area contributed by atoms with Crippen LogP contribution in [-0.4, -0.2) is 19.3 Å². The molecule has 1 atom stereocenters. The minimum Gasteiger partial charge on any atom is -0.381 e. The third kappa shape index (κ3) is 3.37. The Morgan fingerprint density at radius 2 is 1.68 bits per heavy atom. The molecule has 0 heterocycles. The lowest BCUT2D eigenvalue weighted by Gasteiger charge is -2.32. The summed E-state index contributed by atoms with van der Waals surface area (Å²) in [6.07, 6.45) is 8.21. The van der Waals surface area contributed by atoms with Crippen molar-refractivity contribution in [3.05, 3.63) is 35.9 Å². The van der Waals surface area contributed by atoms with Crippen molar-refractivity contribution in [2.45, 2.75) is 56.7 Å². The van der Waals surface area contributed by atoms with Gasteiger partial charge in [0, 0.05) is 19.2 Å². The zero-order valence-corrected chi connectivity index (χ0v) is 11.8. The molecule has 104 valence electrons. The number of benzene rings is 1. The Labute approximate surface area is 116 Å². The van der Waals surface area contributed by atoms with Crippen molar-refractivity contribution in [1.29, 1.82) is 0 Å². The van der Waals surface area contributed by atoms with Gasteiger partial charge >= 0.3 is 0 Å². The van der Waals surface area contributed by atoms with Crippen LogP contribution >= 0.6 is 0 Å². The van der Waals surface area contributed by atoms with Gasteiger partial charge in [-0.05, 0) is 50.0 Å². The Kier molecular flexibility index (Phi) is 4.19. The molecule has 0 bridgehead atoms. The van der Waals surface area contributed by atoms with Gasteiger partial charge in [0.1, 0.15) is 0 Å². The summed E-state index contributed by atoms with van der Waals surface area (Å²) >= 11 is 0. The Bertz CT molecular complexity index is 380. The molecular formula is C17H25NO. The average Bonchev–Trinajstić information content (AvgIpc) is 3.31. The van der Waals surface area contributed by atoms with Crippen LogP contribution in [0.2, 0.25) is 0 Å². The first kappa shape index (κ1) is 13.1. The molecule has 1 unspecified atom stereocenters. The molecular weight excluding hydrogens is 234 g/mol. The first-order valence-corrected chi connectivity index (χ1v) is 7.70. The van der Waals surface area contributed by atoms with Crippen molar-refractivity contribution in [2.24, 2.45) is 5.92 Å². The zero-order chi connectivity index (χ0) is 13.1. The quantitative estimate of drug-likeness (QED) is 0.871. The van der Waals surface area contributed by atoms with E-state index in [0.717, 1.165) is 5.92 Å². The molecule has 1 N–H and O–H groups in total. The summed E-state index contributed by atoms with van der Waals surface area (Å²) in [5.74, 6) is 0.863. The standard InChI is InChI=1S/C17H25NO/c1-19-16-11-9-15(10-12-16)18-17(14-7-8-14)13-5-3-2-4-6-13/h2-6,14-18H,7-12H2,1H3. The monoisotopic (exact) mass is 259 g/mol. The van der Waals surface area contributed by atoms with Gasteiger partial charge in [0.25, 0.3) is 0 Å². The SMILES string of the molecule is COC1CCC(NC(c2ccccc2)C2CC2)CC1. The second-order valence-corrected chi connectivity index (χ2v) is 6.10. The van der Waals surface area contributed by atoms with Crippen LogP contribution < -0.4 is 5.32 Å². The molecule has 0 aromatic heterocycles. The van der Waals surface area contributed by atoms with Crippen molar-refractivity contribution in [2.75, 3.05) is 7.11 Å². The van der Waals surface area contributed by atoms with Crippen molar-refractivity contribution in [3.8, 4) is 0 Å². The van der Waals surface area contributed by atoms with Crippen molar-refractivity contribution in [3.63, 3.8) is 0 Å². The first-order chi connectivity index (χ1) is 9.36. The van der Waals surface area contributed by atoms with Gasteiger partial charge in [-0.3, -0.25) is 0 Å². The zero-order valence-electron chi connectivity index (χ0n) is 11.8. The molecule has 2 aliphatic carbocycles. The Hall–Kier alpha value is -0.860. The lowest BCUT2D eigenvalue weighted by Crippen LogP contribution is -2.38. The van der Waals surface area contributed by atoms with E-state index in [1.807, 2.05) is 7.11 Å². The van der Waals surface area contributed by atoms with Crippen molar-refractivity contribution < 1.29 is 4.74 Å². The molecule has 2 saturated carbocycles. The summed E-state index contributed by atoms with van der Waals surface area (Å²) in [6.45, 7) is 0. The number of nitrogens with one attached hydrogen (secondary N) is 1. The Morgan fingerprint density at radius 1 is 1.00 bits per heavy atom. The second-order valence-electron chi connectivity index (χ2n) is 6.10. The third-order valence-corrected chi connectivity index (χ3v) is 4.67. The predicted octanol–water partition coefficient (Wildman–Crippen LogP) is 3.68. The molecule has 0 amide bonds. The van der Waals surface area contributed by atoms with E-state index in [0.29, 0.717) is 18.2 Å². The van der Waals surface area contributed by atoms with Crippen LogP contribution in [0.3, 0.4) is 0 Å². The average molecular weight is 259 g/mol. The van der Waals surface area contributed by atoms with E-state index in [9.17, 15) is 0 Å². The number of methoxy groups -OCH3 is 1. The topological polar surface area (TPSA) is 21.3 Å². The van der Waals surface area contributed by atoms with E-state index in [4.69, 9.17) is 4.74 Å². The van der Waals surface area contributed by atoms with E-state index < -0.39 is 0 Å². The van der Waals surface area contributed by atoms with Crippen LogP contribution in [-0.2, 0) is 4.74 Å². The summed E-state index contributed by atoms with van der Waals surface area (Å²) in [4.78, 5) is 0. The van der Waals surface area contributed by atoms with E-state index in [2.05, 4.69) is 35.6 Å². The molecule has 0 aliphatic heterocycles. The van der Waals surface area contributed by atoms with Gasteiger partial charge in [-0.25, -0.2) is 0 Å². The molecule has 2 nitrogen and oxygen atoms in total. The summed E-state index contributed by atoms with van der Waals surface area (Å²) < 4.78 is 5.46. The minimum atomic E-state index is 0.495. The maximum Gasteiger partial charge on any atom is 0.0572 e. The fourth-order valence-corrected chi connectivity index (χ4v) is 3.31. The van der Waals surface area contributed by atoms with Gasteiger partial charge in [-0.15, -0.1) is 0 Å². The van der Waals surface area contributed by atoms with E-state index >= 15 is 0 Å². The lowest BCUT2D eigenvalue weighted by molar-refractivity contribution is 0.0607. The number of ether oxygens (including phenoxy) is 1. The molecule has 2 aliphatic rings. The molecule has 2 heteroatoms. The van der Waals surface area contributed by atoms with Gasteiger partial charge in [0.2, 0.25) is 0 Å². The van der Waals surface area contributed by atoms with Crippen LogP contribution in [0.25, 0.3) is 0 Å². The predicted molar refractivity (Wildman–Crippen MR) is 78.1 cm³/mol. The smallest absolute Gasteiger partial charge is 0.0572 e. The van der Waals surface area contributed by atoms with Crippen LogP contribution in [0.4, 0.5) is 0 Å². The maximum absolute atomic E-state index is 5.46. The summed E-state index contributed by atoms with van der Waals surface area (Å²) in [7, 11) is 1.84.